The van der Waals surface area contributed by atoms with Crippen molar-refractivity contribution in [2.45, 2.75) is 57.5 Å². The maximum Gasteiger partial charge on any atom is 0.310 e. The molecule has 0 bridgehead atoms. The zero-order valence-electron chi connectivity index (χ0n) is 15.3. The summed E-state index contributed by atoms with van der Waals surface area (Å²) in [5, 5.41) is 0. The molecule has 0 N–H and O–H groups in total. The maximum atomic E-state index is 12.8. The molecule has 6 rings (SSSR count). The highest BCUT2D eigenvalue weighted by molar-refractivity contribution is 5.75. The fourth-order valence-electron chi connectivity index (χ4n) is 7.33. The van der Waals surface area contributed by atoms with E-state index in [0.717, 1.165) is 38.8 Å². The predicted octanol–water partition coefficient (Wildman–Crippen LogP) is 2.86. The Balaban J connectivity index is 1.29. The molecule has 4 aliphatic carbocycles. The van der Waals surface area contributed by atoms with Gasteiger partial charge in [-0.2, -0.15) is 0 Å². The van der Waals surface area contributed by atoms with Crippen LogP contribution in [-0.2, 0) is 14.3 Å². The van der Waals surface area contributed by atoms with Crippen molar-refractivity contribution >= 4 is 5.97 Å². The predicted molar refractivity (Wildman–Crippen MR) is 92.9 cm³/mol. The van der Waals surface area contributed by atoms with Crippen molar-refractivity contribution < 1.29 is 14.3 Å². The van der Waals surface area contributed by atoms with Crippen LogP contribution in [0.25, 0.3) is 0 Å². The number of hydrogen-bond acceptors (Lipinski definition) is 4. The van der Waals surface area contributed by atoms with Crippen LogP contribution in [0.15, 0.2) is 0 Å². The summed E-state index contributed by atoms with van der Waals surface area (Å²) in [6.45, 7) is 4.47. The first-order valence-corrected chi connectivity index (χ1v) is 10.7. The first-order chi connectivity index (χ1) is 12.2. The van der Waals surface area contributed by atoms with Gasteiger partial charge in [-0.25, -0.2) is 0 Å². The number of morpholine rings is 1. The van der Waals surface area contributed by atoms with E-state index in [2.05, 4.69) is 4.90 Å². The summed E-state index contributed by atoms with van der Waals surface area (Å²) in [6, 6.07) is 0. The van der Waals surface area contributed by atoms with Crippen molar-refractivity contribution in [2.24, 2.45) is 34.5 Å². The molecule has 4 saturated carbocycles. The second-order valence-corrected chi connectivity index (χ2v) is 10.0. The number of carbonyl (C=O) groups excluding carboxylic acids is 1. The summed E-state index contributed by atoms with van der Waals surface area (Å²) in [7, 11) is 0. The number of hydrogen-bond donors (Lipinski definition) is 0. The number of ether oxygens (including phenoxy) is 2. The van der Waals surface area contributed by atoms with Gasteiger partial charge in [0.15, 0.2) is 0 Å². The largest absolute Gasteiger partial charge is 0.461 e. The number of fused-ring (bicyclic) bond motifs is 5. The van der Waals surface area contributed by atoms with E-state index in [1.165, 1.54) is 51.4 Å². The van der Waals surface area contributed by atoms with Crippen LogP contribution in [0.1, 0.15) is 51.4 Å². The number of nitrogens with zero attached hydrogens (tertiary/aromatic N) is 1. The Morgan fingerprint density at radius 3 is 2.40 bits per heavy atom. The Labute approximate surface area is 150 Å². The standard InChI is InChI=1S/C21H31NO3/c23-19-15(13-22-9-11-24-12-10-22)14-1-3-20(5-6-20)16-2-4-21(7-8-21)17(16)18(14)25-19/h14-18H,1-13H2/t14-,15-,16+,17-,18-/m0/s1. The van der Waals surface area contributed by atoms with Crippen LogP contribution in [0.3, 0.4) is 0 Å². The fraction of sp³-hybridized carbons (Fsp3) is 0.952. The van der Waals surface area contributed by atoms with E-state index >= 15 is 0 Å². The summed E-state index contributed by atoms with van der Waals surface area (Å²) in [5.41, 5.74) is 1.22. The lowest BCUT2D eigenvalue weighted by Crippen LogP contribution is -2.42. The van der Waals surface area contributed by atoms with Crippen molar-refractivity contribution in [1.29, 1.82) is 0 Å². The molecule has 5 atom stereocenters. The van der Waals surface area contributed by atoms with Gasteiger partial charge in [-0.05, 0) is 68.1 Å². The Morgan fingerprint density at radius 1 is 0.960 bits per heavy atom. The minimum Gasteiger partial charge on any atom is -0.461 e. The van der Waals surface area contributed by atoms with Gasteiger partial charge >= 0.3 is 5.97 Å². The van der Waals surface area contributed by atoms with E-state index in [1.54, 1.807) is 0 Å². The van der Waals surface area contributed by atoms with Crippen molar-refractivity contribution in [3.63, 3.8) is 0 Å². The number of esters is 1. The second-order valence-electron chi connectivity index (χ2n) is 10.0. The van der Waals surface area contributed by atoms with E-state index in [-0.39, 0.29) is 18.0 Å². The summed E-state index contributed by atoms with van der Waals surface area (Å²) < 4.78 is 11.7. The van der Waals surface area contributed by atoms with Crippen molar-refractivity contribution in [3.8, 4) is 0 Å². The van der Waals surface area contributed by atoms with Gasteiger partial charge in [0.1, 0.15) is 6.10 Å². The van der Waals surface area contributed by atoms with Gasteiger partial charge in [-0.3, -0.25) is 9.69 Å². The highest BCUT2D eigenvalue weighted by atomic mass is 16.6. The molecule has 0 aromatic rings. The van der Waals surface area contributed by atoms with Crippen molar-refractivity contribution in [1.82, 2.24) is 4.90 Å². The van der Waals surface area contributed by atoms with E-state index in [0.29, 0.717) is 22.7 Å². The minimum absolute atomic E-state index is 0.119. The highest BCUT2D eigenvalue weighted by Crippen LogP contribution is 2.74. The molecular formula is C21H31NO3. The molecule has 138 valence electrons. The lowest BCUT2D eigenvalue weighted by Gasteiger charge is -2.33. The summed E-state index contributed by atoms with van der Waals surface area (Å²) in [4.78, 5) is 15.3. The van der Waals surface area contributed by atoms with Gasteiger partial charge in [0, 0.05) is 31.5 Å². The second kappa shape index (κ2) is 5.22. The smallest absolute Gasteiger partial charge is 0.310 e. The van der Waals surface area contributed by atoms with Gasteiger partial charge in [-0.15, -0.1) is 0 Å². The first kappa shape index (κ1) is 15.4. The van der Waals surface area contributed by atoms with E-state index in [4.69, 9.17) is 9.47 Å². The average Bonchev–Trinajstić information content (AvgIpc) is 3.51. The lowest BCUT2D eigenvalue weighted by atomic mass is 9.73. The zero-order chi connectivity index (χ0) is 16.6. The Kier molecular flexibility index (Phi) is 3.23. The van der Waals surface area contributed by atoms with Crippen LogP contribution in [-0.4, -0.2) is 49.8 Å². The Bertz CT molecular complexity index is 576. The molecule has 0 radical (unpaired) electrons. The molecule has 25 heavy (non-hydrogen) atoms. The molecular weight excluding hydrogens is 314 g/mol. The van der Waals surface area contributed by atoms with Crippen LogP contribution >= 0.6 is 0 Å². The summed E-state index contributed by atoms with van der Waals surface area (Å²) >= 11 is 0. The summed E-state index contributed by atoms with van der Waals surface area (Å²) in [5.74, 6) is 2.28. The van der Waals surface area contributed by atoms with Gasteiger partial charge in [0.05, 0.1) is 19.1 Å². The minimum atomic E-state index is 0.119. The Morgan fingerprint density at radius 2 is 1.68 bits per heavy atom. The number of carbonyl (C=O) groups is 1. The quantitative estimate of drug-likeness (QED) is 0.722. The monoisotopic (exact) mass is 345 g/mol. The van der Waals surface area contributed by atoms with Gasteiger partial charge in [0.25, 0.3) is 0 Å². The molecule has 6 aliphatic rings. The van der Waals surface area contributed by atoms with E-state index in [9.17, 15) is 4.79 Å². The van der Waals surface area contributed by atoms with Crippen LogP contribution in [0.4, 0.5) is 0 Å². The average molecular weight is 345 g/mol. The molecule has 0 aromatic heterocycles. The molecule has 0 unspecified atom stereocenters. The lowest BCUT2D eigenvalue weighted by molar-refractivity contribution is -0.148. The van der Waals surface area contributed by atoms with Crippen LogP contribution in [0, 0.1) is 34.5 Å². The molecule has 2 aliphatic heterocycles. The first-order valence-electron chi connectivity index (χ1n) is 10.7. The SMILES string of the molecule is O=C1O[C@H]2[C@@H](CCC3(CC3)[C@@H]3CCC4(CC4)[C@H]23)[C@@H]1CN1CCOCC1. The van der Waals surface area contributed by atoms with Gasteiger partial charge in [-0.1, -0.05) is 0 Å². The topological polar surface area (TPSA) is 38.8 Å². The van der Waals surface area contributed by atoms with Crippen LogP contribution in [0.2, 0.25) is 0 Å². The third-order valence-corrected chi connectivity index (χ3v) is 9.05. The highest BCUT2D eigenvalue weighted by Gasteiger charge is 2.69. The van der Waals surface area contributed by atoms with Gasteiger partial charge < -0.3 is 9.47 Å². The normalized spacial score (nSPS) is 46.6. The molecule has 0 amide bonds. The van der Waals surface area contributed by atoms with Crippen molar-refractivity contribution in [2.75, 3.05) is 32.8 Å². The molecule has 6 fully saturated rings. The zero-order valence-corrected chi connectivity index (χ0v) is 15.3. The maximum absolute atomic E-state index is 12.8. The third-order valence-electron chi connectivity index (χ3n) is 9.05. The summed E-state index contributed by atoms with van der Waals surface area (Å²) in [6.07, 6.45) is 11.4. The van der Waals surface area contributed by atoms with Crippen LogP contribution in [0.5, 0.6) is 0 Å². The fourth-order valence-corrected chi connectivity index (χ4v) is 7.33. The molecule has 4 heteroatoms. The van der Waals surface area contributed by atoms with Gasteiger partial charge in [0.2, 0.25) is 0 Å². The molecule has 2 heterocycles. The molecule has 0 aromatic carbocycles. The molecule has 4 nitrogen and oxygen atoms in total. The van der Waals surface area contributed by atoms with Crippen LogP contribution < -0.4 is 0 Å². The molecule has 2 spiro atoms. The third kappa shape index (κ3) is 2.22. The molecule has 2 saturated heterocycles. The van der Waals surface area contributed by atoms with Crippen molar-refractivity contribution in [3.05, 3.63) is 0 Å². The Hall–Kier alpha value is -0.610. The van der Waals surface area contributed by atoms with E-state index < -0.39 is 0 Å². The number of rotatable bonds is 2. The van der Waals surface area contributed by atoms with E-state index in [1.807, 2.05) is 0 Å².